The summed E-state index contributed by atoms with van der Waals surface area (Å²) in [7, 11) is 0. The molecule has 3 heterocycles. The molecule has 0 aromatic carbocycles. The normalized spacial score (nSPS) is 21.4. The predicted octanol–water partition coefficient (Wildman–Crippen LogP) is 1.97. The van der Waals surface area contributed by atoms with Crippen molar-refractivity contribution in [2.75, 3.05) is 23.3 Å². The van der Waals surface area contributed by atoms with E-state index in [1.165, 1.54) is 25.3 Å². The van der Waals surface area contributed by atoms with E-state index in [4.69, 9.17) is 0 Å². The lowest BCUT2D eigenvalue weighted by Crippen LogP contribution is -2.44. The second kappa shape index (κ2) is 6.27. The monoisotopic (exact) mass is 332 g/mol. The predicted molar refractivity (Wildman–Crippen MR) is 90.2 cm³/mol. The Labute approximate surface area is 138 Å². The fourth-order valence-corrected chi connectivity index (χ4v) is 3.94. The second-order valence-corrected chi connectivity index (χ2v) is 7.23. The van der Waals surface area contributed by atoms with Crippen molar-refractivity contribution in [1.29, 1.82) is 0 Å². The van der Waals surface area contributed by atoms with Gasteiger partial charge in [-0.3, -0.25) is 4.79 Å². The third-order valence-corrected chi connectivity index (χ3v) is 5.49. The van der Waals surface area contributed by atoms with Gasteiger partial charge in [-0.2, -0.15) is 5.10 Å². The molecule has 8 heteroatoms. The van der Waals surface area contributed by atoms with Crippen LogP contribution in [0, 0.1) is 0 Å². The lowest BCUT2D eigenvalue weighted by molar-refractivity contribution is 0.467. The molecule has 2 aromatic heterocycles. The van der Waals surface area contributed by atoms with Gasteiger partial charge in [0.15, 0.2) is 0 Å². The highest BCUT2D eigenvalue weighted by molar-refractivity contribution is 7.15. The molecular weight excluding hydrogens is 312 g/mol. The first-order chi connectivity index (χ1) is 11.3. The van der Waals surface area contributed by atoms with Crippen LogP contribution in [-0.4, -0.2) is 39.5 Å². The van der Waals surface area contributed by atoms with Crippen molar-refractivity contribution >= 4 is 22.3 Å². The molecule has 1 aliphatic heterocycles. The number of aromatic nitrogens is 4. The van der Waals surface area contributed by atoms with Crippen LogP contribution in [0.1, 0.15) is 43.0 Å². The molecule has 2 aliphatic rings. The Balaban J connectivity index is 1.42. The fourth-order valence-electron chi connectivity index (χ4n) is 3.02. The van der Waals surface area contributed by atoms with Gasteiger partial charge in [-0.25, -0.2) is 5.10 Å². The van der Waals surface area contributed by atoms with Gasteiger partial charge in [0.05, 0.1) is 0 Å². The van der Waals surface area contributed by atoms with Gasteiger partial charge in [0, 0.05) is 31.1 Å². The second-order valence-electron chi connectivity index (χ2n) is 6.22. The molecule has 1 aliphatic carbocycles. The smallest absolute Gasteiger partial charge is 0.264 e. The van der Waals surface area contributed by atoms with Crippen LogP contribution in [0.15, 0.2) is 16.9 Å². The van der Waals surface area contributed by atoms with Crippen LogP contribution in [0.5, 0.6) is 0 Å². The van der Waals surface area contributed by atoms with Crippen molar-refractivity contribution in [2.45, 2.75) is 44.1 Å². The summed E-state index contributed by atoms with van der Waals surface area (Å²) >= 11 is 1.68. The molecule has 7 nitrogen and oxygen atoms in total. The number of rotatable bonds is 5. The van der Waals surface area contributed by atoms with Gasteiger partial charge in [-0.05, 0) is 38.2 Å². The molecule has 122 valence electrons. The molecule has 23 heavy (non-hydrogen) atoms. The van der Waals surface area contributed by atoms with E-state index in [-0.39, 0.29) is 5.56 Å². The van der Waals surface area contributed by atoms with Crippen molar-refractivity contribution in [3.05, 3.63) is 27.5 Å². The van der Waals surface area contributed by atoms with E-state index in [1.54, 1.807) is 17.4 Å². The lowest BCUT2D eigenvalue weighted by Gasteiger charge is -2.36. The molecule has 1 unspecified atom stereocenters. The third-order valence-electron chi connectivity index (χ3n) is 4.44. The van der Waals surface area contributed by atoms with E-state index in [1.807, 2.05) is 0 Å². The van der Waals surface area contributed by atoms with Gasteiger partial charge in [0.1, 0.15) is 10.8 Å². The average molecular weight is 332 g/mol. The van der Waals surface area contributed by atoms with Crippen LogP contribution in [-0.2, 0) is 0 Å². The van der Waals surface area contributed by atoms with Crippen LogP contribution in [0.25, 0.3) is 0 Å². The summed E-state index contributed by atoms with van der Waals surface area (Å²) in [4.78, 5) is 13.5. The molecule has 2 fully saturated rings. The molecule has 4 rings (SSSR count). The zero-order valence-corrected chi connectivity index (χ0v) is 13.7. The third kappa shape index (κ3) is 3.36. The van der Waals surface area contributed by atoms with Crippen LogP contribution >= 0.6 is 11.3 Å². The van der Waals surface area contributed by atoms with Gasteiger partial charge in [0.2, 0.25) is 5.13 Å². The van der Waals surface area contributed by atoms with Crippen LogP contribution < -0.4 is 15.8 Å². The minimum atomic E-state index is -0.165. The van der Waals surface area contributed by atoms with Gasteiger partial charge < -0.3 is 10.2 Å². The highest BCUT2D eigenvalue weighted by Gasteiger charge is 2.28. The minimum absolute atomic E-state index is 0.165. The first-order valence-corrected chi connectivity index (χ1v) is 9.01. The molecule has 0 spiro atoms. The number of nitrogens with one attached hydrogen (secondary N) is 2. The molecule has 0 bridgehead atoms. The van der Waals surface area contributed by atoms with Gasteiger partial charge in [-0.1, -0.05) is 11.3 Å². The fraction of sp³-hybridized carbons (Fsp3) is 0.600. The Kier molecular flexibility index (Phi) is 3.99. The summed E-state index contributed by atoms with van der Waals surface area (Å²) < 4.78 is 0. The zero-order valence-electron chi connectivity index (χ0n) is 12.9. The number of nitrogens with zero attached hydrogens (tertiary/aromatic N) is 4. The molecule has 0 amide bonds. The molecule has 0 radical (unpaired) electrons. The van der Waals surface area contributed by atoms with Crippen molar-refractivity contribution in [2.24, 2.45) is 0 Å². The number of piperidine rings is 1. The minimum Gasteiger partial charge on any atom is -0.358 e. The van der Waals surface area contributed by atoms with Crippen LogP contribution in [0.3, 0.4) is 0 Å². The van der Waals surface area contributed by atoms with Crippen molar-refractivity contribution in [3.63, 3.8) is 0 Å². The Morgan fingerprint density at radius 2 is 2.17 bits per heavy atom. The number of aromatic amines is 1. The maximum atomic E-state index is 11.2. The number of H-pyrrole nitrogens is 1. The summed E-state index contributed by atoms with van der Waals surface area (Å²) in [5, 5.41) is 20.7. The number of hydrogen-bond acceptors (Lipinski definition) is 7. The van der Waals surface area contributed by atoms with Gasteiger partial charge in [-0.15, -0.1) is 10.2 Å². The Bertz CT molecular complexity index is 704. The summed E-state index contributed by atoms with van der Waals surface area (Å²) in [5.74, 6) is 1.49. The van der Waals surface area contributed by atoms with E-state index in [0.717, 1.165) is 41.9 Å². The molecular formula is C15H20N6OS. The summed E-state index contributed by atoms with van der Waals surface area (Å²) in [6, 6.07) is 3.69. The maximum absolute atomic E-state index is 11.2. The summed E-state index contributed by atoms with van der Waals surface area (Å²) in [6.07, 6.45) is 5.99. The lowest BCUT2D eigenvalue weighted by atomic mass is 10.0. The molecule has 2 N–H and O–H groups in total. The highest BCUT2D eigenvalue weighted by atomic mass is 32.1. The molecule has 1 saturated heterocycles. The van der Waals surface area contributed by atoms with E-state index in [0.29, 0.717) is 12.0 Å². The SMILES string of the molecule is O=c1ccc(N2CCCCC2CNc2nnc(C3CC3)s2)n[nH]1. The zero-order chi connectivity index (χ0) is 15.6. The first kappa shape index (κ1) is 14.6. The van der Waals surface area contributed by atoms with E-state index in [2.05, 4.69) is 30.6 Å². The topological polar surface area (TPSA) is 86.8 Å². The average Bonchev–Trinajstić information content (AvgIpc) is 3.33. The van der Waals surface area contributed by atoms with E-state index < -0.39 is 0 Å². The van der Waals surface area contributed by atoms with Crippen molar-refractivity contribution < 1.29 is 0 Å². The Morgan fingerprint density at radius 3 is 2.96 bits per heavy atom. The summed E-state index contributed by atoms with van der Waals surface area (Å²) in [5.41, 5.74) is -0.165. The maximum Gasteiger partial charge on any atom is 0.264 e. The Hall–Kier alpha value is -1.96. The van der Waals surface area contributed by atoms with Crippen LogP contribution in [0.4, 0.5) is 10.9 Å². The molecule has 1 atom stereocenters. The Morgan fingerprint density at radius 1 is 1.26 bits per heavy atom. The van der Waals surface area contributed by atoms with Crippen molar-refractivity contribution in [3.8, 4) is 0 Å². The molecule has 2 aromatic rings. The quantitative estimate of drug-likeness (QED) is 0.870. The standard InChI is InChI=1S/C15H20N6OS/c22-13-7-6-12(17-18-13)21-8-2-1-3-11(21)9-16-15-20-19-14(23-15)10-4-5-10/h6-7,10-11H,1-5,8-9H2,(H,16,20)(H,18,22). The number of hydrogen-bond donors (Lipinski definition) is 2. The van der Waals surface area contributed by atoms with Crippen molar-refractivity contribution in [1.82, 2.24) is 20.4 Å². The van der Waals surface area contributed by atoms with E-state index >= 15 is 0 Å². The van der Waals surface area contributed by atoms with E-state index in [9.17, 15) is 4.79 Å². The molecule has 1 saturated carbocycles. The highest BCUT2D eigenvalue weighted by Crippen LogP contribution is 2.42. The van der Waals surface area contributed by atoms with Crippen LogP contribution in [0.2, 0.25) is 0 Å². The van der Waals surface area contributed by atoms with Gasteiger partial charge in [0.25, 0.3) is 5.56 Å². The van der Waals surface area contributed by atoms with Gasteiger partial charge >= 0.3 is 0 Å². The number of anilines is 2. The summed E-state index contributed by atoms with van der Waals surface area (Å²) in [6.45, 7) is 1.79. The largest absolute Gasteiger partial charge is 0.358 e. The first-order valence-electron chi connectivity index (χ1n) is 8.19.